The summed E-state index contributed by atoms with van der Waals surface area (Å²) in [5.74, 6) is -0.668. The fraction of sp³-hybridized carbons (Fsp3) is 0.400. The second kappa shape index (κ2) is 8.35. The van der Waals surface area contributed by atoms with Crippen LogP contribution in [0.15, 0.2) is 30.3 Å². The zero-order chi connectivity index (χ0) is 18.7. The molecule has 0 N–H and O–H groups in total. The first-order valence-corrected chi connectivity index (χ1v) is 9.78. The number of ketones is 1. The van der Waals surface area contributed by atoms with Gasteiger partial charge in [-0.25, -0.2) is 4.79 Å². The lowest BCUT2D eigenvalue weighted by molar-refractivity contribution is 0.0474. The van der Waals surface area contributed by atoms with Gasteiger partial charge in [0, 0.05) is 33.7 Å². The van der Waals surface area contributed by atoms with Crippen LogP contribution in [0, 0.1) is 17.4 Å². The van der Waals surface area contributed by atoms with Crippen LogP contribution in [0.4, 0.5) is 0 Å². The number of carbonyl (C=O) groups is 2. The normalized spacial score (nSPS) is 16.7. The van der Waals surface area contributed by atoms with Crippen molar-refractivity contribution in [2.24, 2.45) is 0 Å². The number of hydrogen-bond donors (Lipinski definition) is 0. The van der Waals surface area contributed by atoms with Gasteiger partial charge in [0.25, 0.3) is 0 Å². The van der Waals surface area contributed by atoms with Crippen molar-refractivity contribution in [2.45, 2.75) is 39.3 Å². The Morgan fingerprint density at radius 1 is 1.27 bits per heavy atom. The monoisotopic (exact) mass is 467 g/mol. The van der Waals surface area contributed by atoms with Gasteiger partial charge in [0.15, 0.2) is 6.61 Å². The van der Waals surface area contributed by atoms with Crippen LogP contribution in [0.25, 0.3) is 0 Å². The van der Waals surface area contributed by atoms with Crippen LogP contribution in [-0.2, 0) is 16.0 Å². The highest BCUT2D eigenvalue weighted by Gasteiger charge is 2.21. The lowest BCUT2D eigenvalue weighted by atomic mass is 10.1. The molecule has 1 aromatic heterocycles. The van der Waals surface area contributed by atoms with Crippen molar-refractivity contribution in [2.75, 3.05) is 13.2 Å². The highest BCUT2D eigenvalue weighted by Crippen LogP contribution is 2.21. The molecule has 138 valence electrons. The average molecular weight is 467 g/mol. The Kier molecular flexibility index (Phi) is 6.13. The number of halogens is 1. The van der Waals surface area contributed by atoms with E-state index in [0.717, 1.165) is 41.0 Å². The minimum absolute atomic E-state index is 0.185. The molecule has 0 saturated carbocycles. The van der Waals surface area contributed by atoms with E-state index in [2.05, 4.69) is 27.2 Å². The van der Waals surface area contributed by atoms with Gasteiger partial charge in [-0.3, -0.25) is 4.79 Å². The number of ether oxygens (including phenoxy) is 2. The molecule has 0 spiro atoms. The van der Waals surface area contributed by atoms with Gasteiger partial charge < -0.3 is 14.0 Å². The molecule has 2 aromatic rings. The third kappa shape index (κ3) is 4.35. The minimum atomic E-state index is -0.483. The number of Topliss-reactive ketones (excluding diaryl/α,β-unsaturated/α-hetero) is 1. The lowest BCUT2D eigenvalue weighted by Crippen LogP contribution is -2.18. The Bertz CT molecular complexity index is 804. The SMILES string of the molecule is Cc1cc(C(=O)COC(=O)c2ccc(I)cc2)c(C)n1C[C@@H]1CCCO1. The van der Waals surface area contributed by atoms with E-state index in [1.54, 1.807) is 12.1 Å². The Balaban J connectivity index is 1.64. The zero-order valence-electron chi connectivity index (χ0n) is 15.0. The van der Waals surface area contributed by atoms with Gasteiger partial charge >= 0.3 is 5.97 Å². The second-order valence-corrected chi connectivity index (χ2v) is 7.78. The molecule has 1 saturated heterocycles. The van der Waals surface area contributed by atoms with Crippen LogP contribution in [0.3, 0.4) is 0 Å². The predicted molar refractivity (Wildman–Crippen MR) is 107 cm³/mol. The minimum Gasteiger partial charge on any atom is -0.454 e. The second-order valence-electron chi connectivity index (χ2n) is 6.54. The number of carbonyl (C=O) groups excluding carboxylic acids is 2. The van der Waals surface area contributed by atoms with Crippen molar-refractivity contribution in [3.05, 3.63) is 56.4 Å². The van der Waals surface area contributed by atoms with Gasteiger partial charge in [0.2, 0.25) is 5.78 Å². The number of esters is 1. The smallest absolute Gasteiger partial charge is 0.338 e. The van der Waals surface area contributed by atoms with E-state index in [-0.39, 0.29) is 18.5 Å². The van der Waals surface area contributed by atoms with E-state index in [1.165, 1.54) is 0 Å². The zero-order valence-corrected chi connectivity index (χ0v) is 17.1. The van der Waals surface area contributed by atoms with E-state index in [1.807, 2.05) is 32.0 Å². The van der Waals surface area contributed by atoms with Gasteiger partial charge in [-0.2, -0.15) is 0 Å². The molecule has 1 aliphatic heterocycles. The van der Waals surface area contributed by atoms with Crippen molar-refractivity contribution >= 4 is 34.3 Å². The van der Waals surface area contributed by atoms with Gasteiger partial charge in [0.05, 0.1) is 11.7 Å². The van der Waals surface area contributed by atoms with Gasteiger partial charge in [-0.05, 0) is 79.6 Å². The molecule has 26 heavy (non-hydrogen) atoms. The van der Waals surface area contributed by atoms with Crippen molar-refractivity contribution in [1.29, 1.82) is 0 Å². The molecule has 1 atom stereocenters. The quantitative estimate of drug-likeness (QED) is 0.367. The Hall–Kier alpha value is -1.67. The summed E-state index contributed by atoms with van der Waals surface area (Å²) in [5.41, 5.74) is 2.97. The first kappa shape index (κ1) is 19.1. The van der Waals surface area contributed by atoms with Crippen molar-refractivity contribution < 1.29 is 19.1 Å². The summed E-state index contributed by atoms with van der Waals surface area (Å²) in [5, 5.41) is 0. The number of aryl methyl sites for hydroxylation is 1. The molecule has 5 nitrogen and oxygen atoms in total. The maximum atomic E-state index is 12.5. The molecule has 1 aromatic carbocycles. The number of aromatic nitrogens is 1. The summed E-state index contributed by atoms with van der Waals surface area (Å²) >= 11 is 2.17. The summed E-state index contributed by atoms with van der Waals surface area (Å²) in [6, 6.07) is 8.92. The Morgan fingerprint density at radius 3 is 2.65 bits per heavy atom. The van der Waals surface area contributed by atoms with Crippen LogP contribution in [0.1, 0.15) is 44.9 Å². The van der Waals surface area contributed by atoms with Crippen molar-refractivity contribution in [3.8, 4) is 0 Å². The Morgan fingerprint density at radius 2 is 2.00 bits per heavy atom. The topological polar surface area (TPSA) is 57.5 Å². The van der Waals surface area contributed by atoms with Crippen LogP contribution in [-0.4, -0.2) is 35.6 Å². The summed E-state index contributed by atoms with van der Waals surface area (Å²) in [6.07, 6.45) is 2.35. The highest BCUT2D eigenvalue weighted by atomic mass is 127. The maximum Gasteiger partial charge on any atom is 0.338 e. The molecule has 1 fully saturated rings. The van der Waals surface area contributed by atoms with E-state index in [9.17, 15) is 9.59 Å². The molecule has 6 heteroatoms. The molecular weight excluding hydrogens is 445 g/mol. The average Bonchev–Trinajstić information content (AvgIpc) is 3.24. The number of rotatable bonds is 6. The molecule has 0 unspecified atom stereocenters. The van der Waals surface area contributed by atoms with Crippen LogP contribution in [0.5, 0.6) is 0 Å². The molecule has 2 heterocycles. The van der Waals surface area contributed by atoms with Gasteiger partial charge in [-0.15, -0.1) is 0 Å². The predicted octanol–water partition coefficient (Wildman–Crippen LogP) is 3.93. The fourth-order valence-electron chi connectivity index (χ4n) is 3.23. The van der Waals surface area contributed by atoms with E-state index >= 15 is 0 Å². The van der Waals surface area contributed by atoms with Crippen LogP contribution >= 0.6 is 22.6 Å². The van der Waals surface area contributed by atoms with Gasteiger partial charge in [-0.1, -0.05) is 0 Å². The largest absolute Gasteiger partial charge is 0.454 e. The standard InChI is InChI=1S/C20H22INO4/c1-13-10-18(14(2)22(13)11-17-4-3-9-25-17)19(23)12-26-20(24)15-5-7-16(21)8-6-15/h5-8,10,17H,3-4,9,11-12H2,1-2H3/t17-/m0/s1. The lowest BCUT2D eigenvalue weighted by Gasteiger charge is -2.14. The fourth-order valence-corrected chi connectivity index (χ4v) is 3.59. The first-order chi connectivity index (χ1) is 12.5. The summed E-state index contributed by atoms with van der Waals surface area (Å²) in [4.78, 5) is 24.6. The molecule has 1 aliphatic rings. The third-order valence-electron chi connectivity index (χ3n) is 4.70. The van der Waals surface area contributed by atoms with E-state index in [4.69, 9.17) is 9.47 Å². The van der Waals surface area contributed by atoms with Crippen LogP contribution < -0.4 is 0 Å². The first-order valence-electron chi connectivity index (χ1n) is 8.70. The summed E-state index contributed by atoms with van der Waals surface area (Å²) < 4.78 is 14.0. The third-order valence-corrected chi connectivity index (χ3v) is 5.42. The number of hydrogen-bond acceptors (Lipinski definition) is 4. The van der Waals surface area contributed by atoms with Crippen molar-refractivity contribution in [1.82, 2.24) is 4.57 Å². The number of nitrogens with zero attached hydrogens (tertiary/aromatic N) is 1. The van der Waals surface area contributed by atoms with Crippen LogP contribution in [0.2, 0.25) is 0 Å². The summed E-state index contributed by atoms with van der Waals surface area (Å²) in [6.45, 7) is 5.22. The molecular formula is C20H22INO4. The Labute approximate surface area is 166 Å². The molecule has 0 aliphatic carbocycles. The molecule has 3 rings (SSSR count). The van der Waals surface area contributed by atoms with E-state index in [0.29, 0.717) is 11.1 Å². The molecule has 0 amide bonds. The van der Waals surface area contributed by atoms with Gasteiger partial charge in [0.1, 0.15) is 0 Å². The van der Waals surface area contributed by atoms with E-state index < -0.39 is 5.97 Å². The number of benzene rings is 1. The molecule has 0 bridgehead atoms. The molecule has 0 radical (unpaired) electrons. The summed E-state index contributed by atoms with van der Waals surface area (Å²) in [7, 11) is 0. The highest BCUT2D eigenvalue weighted by molar-refractivity contribution is 14.1. The maximum absolute atomic E-state index is 12.5. The van der Waals surface area contributed by atoms with Crippen molar-refractivity contribution in [3.63, 3.8) is 0 Å².